The molecule has 20 heavy (non-hydrogen) atoms. The first kappa shape index (κ1) is 16.8. The molecule has 2 amide bonds. The predicted octanol–water partition coefficient (Wildman–Crippen LogP) is 1.11. The molecule has 1 fully saturated rings. The van der Waals surface area contributed by atoms with Crippen LogP contribution in [0.25, 0.3) is 0 Å². The van der Waals surface area contributed by atoms with E-state index in [-0.39, 0.29) is 24.1 Å². The summed E-state index contributed by atoms with van der Waals surface area (Å²) in [6, 6.07) is 0.434. The van der Waals surface area contributed by atoms with Crippen molar-refractivity contribution >= 4 is 12.0 Å². The molecule has 0 unspecified atom stereocenters. The number of rotatable bonds is 5. The van der Waals surface area contributed by atoms with Crippen LogP contribution in [0.3, 0.4) is 0 Å². The summed E-state index contributed by atoms with van der Waals surface area (Å²) in [5, 5.41) is 6.10. The lowest BCUT2D eigenvalue weighted by molar-refractivity contribution is -0.121. The van der Waals surface area contributed by atoms with Gasteiger partial charge in [0.2, 0.25) is 5.91 Å². The first-order valence-corrected chi connectivity index (χ1v) is 7.18. The molecule has 1 rings (SSSR count). The molecule has 0 aromatic heterocycles. The van der Waals surface area contributed by atoms with Crippen molar-refractivity contribution in [2.75, 3.05) is 19.6 Å². The smallest absolute Gasteiger partial charge is 0.410 e. The van der Waals surface area contributed by atoms with E-state index in [9.17, 15) is 9.59 Å². The normalized spacial score (nSPS) is 16.0. The fourth-order valence-corrected chi connectivity index (χ4v) is 1.87. The molecule has 1 heterocycles. The standard InChI is InChI=1S/C14H27N3O3/c1-10(2)16-12(18)6-7-15-11-8-17(9-11)13(19)20-14(3,4)5/h10-11,15H,6-9H2,1-5H3,(H,16,18). The number of likely N-dealkylation sites (tertiary alicyclic amines) is 1. The van der Waals surface area contributed by atoms with Gasteiger partial charge in [-0.3, -0.25) is 4.79 Å². The Bertz CT molecular complexity index is 344. The van der Waals surface area contributed by atoms with Gasteiger partial charge in [0.1, 0.15) is 5.60 Å². The quantitative estimate of drug-likeness (QED) is 0.794. The molecule has 0 aromatic carbocycles. The molecule has 1 aliphatic rings. The van der Waals surface area contributed by atoms with Crippen LogP contribution in [0.5, 0.6) is 0 Å². The minimum atomic E-state index is -0.454. The first-order valence-electron chi connectivity index (χ1n) is 7.18. The molecule has 0 radical (unpaired) electrons. The monoisotopic (exact) mass is 285 g/mol. The number of nitrogens with one attached hydrogen (secondary N) is 2. The topological polar surface area (TPSA) is 70.7 Å². The number of ether oxygens (including phenoxy) is 1. The third-order valence-corrected chi connectivity index (χ3v) is 2.77. The van der Waals surface area contributed by atoms with Crippen LogP contribution in [0.15, 0.2) is 0 Å². The predicted molar refractivity (Wildman–Crippen MR) is 77.5 cm³/mol. The van der Waals surface area contributed by atoms with E-state index < -0.39 is 5.60 Å². The van der Waals surface area contributed by atoms with E-state index in [1.807, 2.05) is 34.6 Å². The third-order valence-electron chi connectivity index (χ3n) is 2.77. The maximum Gasteiger partial charge on any atom is 0.410 e. The Kier molecular flexibility index (Phi) is 5.80. The van der Waals surface area contributed by atoms with Crippen LogP contribution in [0, 0.1) is 0 Å². The van der Waals surface area contributed by atoms with E-state index in [0.29, 0.717) is 26.1 Å². The van der Waals surface area contributed by atoms with Crippen LogP contribution in [0.1, 0.15) is 41.0 Å². The number of amides is 2. The molecule has 116 valence electrons. The maximum atomic E-state index is 11.7. The molecular weight excluding hydrogens is 258 g/mol. The van der Waals surface area contributed by atoms with Gasteiger partial charge < -0.3 is 20.3 Å². The summed E-state index contributed by atoms with van der Waals surface area (Å²) in [5.41, 5.74) is -0.454. The highest BCUT2D eigenvalue weighted by Crippen LogP contribution is 2.15. The Morgan fingerprint density at radius 3 is 2.40 bits per heavy atom. The largest absolute Gasteiger partial charge is 0.444 e. The molecule has 0 spiro atoms. The highest BCUT2D eigenvalue weighted by atomic mass is 16.6. The van der Waals surface area contributed by atoms with E-state index in [1.54, 1.807) is 4.90 Å². The minimum absolute atomic E-state index is 0.0517. The van der Waals surface area contributed by atoms with E-state index in [2.05, 4.69) is 10.6 Å². The minimum Gasteiger partial charge on any atom is -0.444 e. The lowest BCUT2D eigenvalue weighted by atomic mass is 10.1. The van der Waals surface area contributed by atoms with E-state index in [1.165, 1.54) is 0 Å². The highest BCUT2D eigenvalue weighted by Gasteiger charge is 2.33. The fourth-order valence-electron chi connectivity index (χ4n) is 1.87. The van der Waals surface area contributed by atoms with Crippen LogP contribution in [0.2, 0.25) is 0 Å². The van der Waals surface area contributed by atoms with Crippen molar-refractivity contribution < 1.29 is 14.3 Å². The summed E-state index contributed by atoms with van der Waals surface area (Å²) in [4.78, 5) is 24.8. The molecule has 0 atom stereocenters. The molecule has 2 N–H and O–H groups in total. The van der Waals surface area contributed by atoms with Crippen LogP contribution in [-0.2, 0) is 9.53 Å². The lowest BCUT2D eigenvalue weighted by Crippen LogP contribution is -2.60. The van der Waals surface area contributed by atoms with Crippen LogP contribution >= 0.6 is 0 Å². The second kappa shape index (κ2) is 6.92. The SMILES string of the molecule is CC(C)NC(=O)CCNC1CN(C(=O)OC(C)(C)C)C1. The molecule has 6 nitrogen and oxygen atoms in total. The summed E-state index contributed by atoms with van der Waals surface area (Å²) in [6.45, 7) is 11.4. The molecule has 0 aromatic rings. The van der Waals surface area contributed by atoms with E-state index in [4.69, 9.17) is 4.74 Å². The molecule has 0 aliphatic carbocycles. The van der Waals surface area contributed by atoms with Gasteiger partial charge in [-0.25, -0.2) is 4.79 Å². The Morgan fingerprint density at radius 2 is 1.90 bits per heavy atom. The molecule has 0 saturated carbocycles. The first-order chi connectivity index (χ1) is 9.17. The molecule has 1 saturated heterocycles. The Morgan fingerprint density at radius 1 is 1.30 bits per heavy atom. The lowest BCUT2D eigenvalue weighted by Gasteiger charge is -2.40. The Balaban J connectivity index is 2.11. The summed E-state index contributed by atoms with van der Waals surface area (Å²) < 4.78 is 5.27. The fraction of sp³-hybridized carbons (Fsp3) is 0.857. The van der Waals surface area contributed by atoms with Gasteiger partial charge in [-0.05, 0) is 34.6 Å². The van der Waals surface area contributed by atoms with Gasteiger partial charge in [0.05, 0.1) is 0 Å². The number of carbonyl (C=O) groups excluding carboxylic acids is 2. The van der Waals surface area contributed by atoms with Crippen molar-refractivity contribution in [1.82, 2.24) is 15.5 Å². The van der Waals surface area contributed by atoms with Crippen molar-refractivity contribution in [3.63, 3.8) is 0 Å². The van der Waals surface area contributed by atoms with E-state index in [0.717, 1.165) is 0 Å². The maximum absolute atomic E-state index is 11.7. The van der Waals surface area contributed by atoms with Crippen molar-refractivity contribution in [3.05, 3.63) is 0 Å². The van der Waals surface area contributed by atoms with Gasteiger partial charge in [-0.15, -0.1) is 0 Å². The van der Waals surface area contributed by atoms with Crippen molar-refractivity contribution in [2.45, 2.75) is 58.7 Å². The summed E-state index contributed by atoms with van der Waals surface area (Å²) >= 11 is 0. The van der Waals surface area contributed by atoms with Crippen molar-refractivity contribution in [3.8, 4) is 0 Å². The van der Waals surface area contributed by atoms with Crippen molar-refractivity contribution in [1.29, 1.82) is 0 Å². The average molecular weight is 285 g/mol. The Hall–Kier alpha value is -1.30. The highest BCUT2D eigenvalue weighted by molar-refractivity contribution is 5.76. The Labute approximate surface area is 121 Å². The molecular formula is C14H27N3O3. The van der Waals surface area contributed by atoms with E-state index >= 15 is 0 Å². The zero-order chi connectivity index (χ0) is 15.3. The van der Waals surface area contributed by atoms with Gasteiger partial charge in [0.15, 0.2) is 0 Å². The summed E-state index contributed by atoms with van der Waals surface area (Å²) in [5.74, 6) is 0.0517. The third kappa shape index (κ3) is 6.23. The molecule has 1 aliphatic heterocycles. The average Bonchev–Trinajstić information content (AvgIpc) is 2.17. The number of nitrogens with zero attached hydrogens (tertiary/aromatic N) is 1. The number of carbonyl (C=O) groups is 2. The zero-order valence-electron chi connectivity index (χ0n) is 13.2. The van der Waals surface area contributed by atoms with Crippen LogP contribution < -0.4 is 10.6 Å². The van der Waals surface area contributed by atoms with Gasteiger partial charge in [-0.2, -0.15) is 0 Å². The number of hydrogen-bond acceptors (Lipinski definition) is 4. The number of hydrogen-bond donors (Lipinski definition) is 2. The van der Waals surface area contributed by atoms with Gasteiger partial charge in [0.25, 0.3) is 0 Å². The second-order valence-corrected chi connectivity index (χ2v) is 6.51. The van der Waals surface area contributed by atoms with Crippen LogP contribution in [0.4, 0.5) is 4.79 Å². The van der Waals surface area contributed by atoms with Gasteiger partial charge in [-0.1, -0.05) is 0 Å². The van der Waals surface area contributed by atoms with Gasteiger partial charge >= 0.3 is 6.09 Å². The van der Waals surface area contributed by atoms with Gasteiger partial charge in [0, 0.05) is 38.1 Å². The summed E-state index contributed by atoms with van der Waals surface area (Å²) in [7, 11) is 0. The molecule has 6 heteroatoms. The summed E-state index contributed by atoms with van der Waals surface area (Å²) in [6.07, 6.45) is 0.189. The zero-order valence-corrected chi connectivity index (χ0v) is 13.2. The molecule has 0 bridgehead atoms. The second-order valence-electron chi connectivity index (χ2n) is 6.51. The van der Waals surface area contributed by atoms with Crippen molar-refractivity contribution in [2.24, 2.45) is 0 Å². The van der Waals surface area contributed by atoms with Crippen LogP contribution in [-0.4, -0.2) is 54.2 Å².